The fraction of sp³-hybridized carbons (Fsp3) is 0.400. The van der Waals surface area contributed by atoms with Crippen LogP contribution in [0.3, 0.4) is 0 Å². The molecule has 0 aliphatic heterocycles. The maximum Gasteiger partial charge on any atom is 0.160 e. The van der Waals surface area contributed by atoms with Crippen LogP contribution in [0.15, 0.2) is 24.3 Å². The molecule has 0 spiro atoms. The Hall–Kier alpha value is -1.57. The summed E-state index contributed by atoms with van der Waals surface area (Å²) < 4.78 is 5.18. The molecule has 0 saturated heterocycles. The maximum absolute atomic E-state index is 11.5. The smallest absolute Gasteiger partial charge is 0.160 e. The van der Waals surface area contributed by atoms with E-state index in [9.17, 15) is 4.79 Å². The lowest BCUT2D eigenvalue weighted by atomic mass is 9.94. The van der Waals surface area contributed by atoms with Gasteiger partial charge in [0.05, 0.1) is 7.11 Å². The van der Waals surface area contributed by atoms with Crippen LogP contribution in [0.1, 0.15) is 43.6 Å². The second-order valence-corrected chi connectivity index (χ2v) is 5.21. The van der Waals surface area contributed by atoms with Crippen molar-refractivity contribution >= 4 is 11.9 Å². The maximum atomic E-state index is 11.5. The standard InChI is InChI=1S/C15H20O2/c1-11(16)14-7-6-13(17-5)10-12(14)8-9-15(2,3)4/h6-10H,1-5H3/b9-8+. The van der Waals surface area contributed by atoms with Crippen molar-refractivity contribution < 1.29 is 9.53 Å². The summed E-state index contributed by atoms with van der Waals surface area (Å²) in [5, 5.41) is 0. The molecule has 0 N–H and O–H groups in total. The third kappa shape index (κ3) is 4.06. The molecule has 0 radical (unpaired) electrons. The average molecular weight is 232 g/mol. The van der Waals surface area contributed by atoms with E-state index in [0.717, 1.165) is 16.9 Å². The fourth-order valence-corrected chi connectivity index (χ4v) is 1.47. The van der Waals surface area contributed by atoms with Gasteiger partial charge in [0.15, 0.2) is 5.78 Å². The highest BCUT2D eigenvalue weighted by Crippen LogP contribution is 2.23. The molecule has 0 amide bonds. The van der Waals surface area contributed by atoms with Crippen molar-refractivity contribution in [3.05, 3.63) is 35.4 Å². The topological polar surface area (TPSA) is 26.3 Å². The molecule has 2 heteroatoms. The van der Waals surface area contributed by atoms with Gasteiger partial charge in [-0.15, -0.1) is 0 Å². The Morgan fingerprint density at radius 3 is 2.41 bits per heavy atom. The molecule has 0 atom stereocenters. The molecule has 1 aromatic carbocycles. The number of allylic oxidation sites excluding steroid dienone is 1. The molecular formula is C15H20O2. The first kappa shape index (κ1) is 13.5. The summed E-state index contributed by atoms with van der Waals surface area (Å²) in [6.07, 6.45) is 4.08. The van der Waals surface area contributed by atoms with E-state index in [4.69, 9.17) is 4.74 Å². The van der Waals surface area contributed by atoms with Crippen molar-refractivity contribution in [1.29, 1.82) is 0 Å². The summed E-state index contributed by atoms with van der Waals surface area (Å²) in [7, 11) is 1.63. The lowest BCUT2D eigenvalue weighted by molar-refractivity contribution is 0.101. The molecule has 0 unspecified atom stereocenters. The SMILES string of the molecule is COc1ccc(C(C)=O)c(/C=C/C(C)(C)C)c1. The molecule has 2 nitrogen and oxygen atoms in total. The number of carbonyl (C=O) groups excluding carboxylic acids is 1. The van der Waals surface area contributed by atoms with E-state index in [1.807, 2.05) is 24.3 Å². The van der Waals surface area contributed by atoms with E-state index in [2.05, 4.69) is 26.8 Å². The Kier molecular flexibility index (Phi) is 4.11. The van der Waals surface area contributed by atoms with Gasteiger partial charge in [-0.3, -0.25) is 4.79 Å². The number of hydrogen-bond donors (Lipinski definition) is 0. The molecule has 17 heavy (non-hydrogen) atoms. The zero-order valence-corrected chi connectivity index (χ0v) is 11.2. The van der Waals surface area contributed by atoms with Crippen molar-refractivity contribution in [2.24, 2.45) is 5.41 Å². The van der Waals surface area contributed by atoms with Crippen LogP contribution in [0.25, 0.3) is 6.08 Å². The van der Waals surface area contributed by atoms with Gasteiger partial charge in [-0.05, 0) is 36.1 Å². The molecule has 0 aromatic heterocycles. The van der Waals surface area contributed by atoms with Crippen molar-refractivity contribution in [3.63, 3.8) is 0 Å². The fourth-order valence-electron chi connectivity index (χ4n) is 1.47. The first-order valence-corrected chi connectivity index (χ1v) is 5.72. The Morgan fingerprint density at radius 1 is 1.29 bits per heavy atom. The largest absolute Gasteiger partial charge is 0.497 e. The molecule has 0 aliphatic carbocycles. The van der Waals surface area contributed by atoms with E-state index in [1.54, 1.807) is 14.0 Å². The van der Waals surface area contributed by atoms with E-state index in [1.165, 1.54) is 0 Å². The number of carbonyl (C=O) groups is 1. The Morgan fingerprint density at radius 2 is 1.94 bits per heavy atom. The number of methoxy groups -OCH3 is 1. The molecule has 0 aliphatic rings. The second-order valence-electron chi connectivity index (χ2n) is 5.21. The van der Waals surface area contributed by atoms with Gasteiger partial charge in [0.2, 0.25) is 0 Å². The molecule has 0 heterocycles. The molecular weight excluding hydrogens is 212 g/mol. The van der Waals surface area contributed by atoms with Gasteiger partial charge in [0.25, 0.3) is 0 Å². The van der Waals surface area contributed by atoms with Gasteiger partial charge >= 0.3 is 0 Å². The zero-order chi connectivity index (χ0) is 13.1. The highest BCUT2D eigenvalue weighted by Gasteiger charge is 2.08. The molecule has 0 saturated carbocycles. The second kappa shape index (κ2) is 5.17. The number of Topliss-reactive ketones (excluding diaryl/α,β-unsaturated/α-hetero) is 1. The lowest BCUT2D eigenvalue weighted by Crippen LogP contribution is -2.00. The summed E-state index contributed by atoms with van der Waals surface area (Å²) >= 11 is 0. The number of benzene rings is 1. The van der Waals surface area contributed by atoms with Crippen molar-refractivity contribution in [2.75, 3.05) is 7.11 Å². The Balaban J connectivity index is 3.18. The summed E-state index contributed by atoms with van der Waals surface area (Å²) in [5.74, 6) is 0.838. The highest BCUT2D eigenvalue weighted by atomic mass is 16.5. The molecule has 1 aromatic rings. The normalized spacial score (nSPS) is 11.8. The van der Waals surface area contributed by atoms with Gasteiger partial charge in [-0.2, -0.15) is 0 Å². The van der Waals surface area contributed by atoms with Gasteiger partial charge in [0, 0.05) is 5.56 Å². The van der Waals surface area contributed by atoms with Crippen LogP contribution in [-0.2, 0) is 0 Å². The molecule has 0 bridgehead atoms. The van der Waals surface area contributed by atoms with Crippen LogP contribution in [0.4, 0.5) is 0 Å². The van der Waals surface area contributed by atoms with Gasteiger partial charge < -0.3 is 4.74 Å². The van der Waals surface area contributed by atoms with E-state index < -0.39 is 0 Å². The summed E-state index contributed by atoms with van der Waals surface area (Å²) in [6, 6.07) is 5.51. The summed E-state index contributed by atoms with van der Waals surface area (Å²) in [6.45, 7) is 7.95. The monoisotopic (exact) mass is 232 g/mol. The van der Waals surface area contributed by atoms with Crippen LogP contribution >= 0.6 is 0 Å². The van der Waals surface area contributed by atoms with Crippen molar-refractivity contribution in [2.45, 2.75) is 27.7 Å². The van der Waals surface area contributed by atoms with E-state index >= 15 is 0 Å². The minimum absolute atomic E-state index is 0.0706. The van der Waals surface area contributed by atoms with Crippen LogP contribution in [0, 0.1) is 5.41 Å². The molecule has 92 valence electrons. The van der Waals surface area contributed by atoms with Crippen molar-refractivity contribution in [3.8, 4) is 5.75 Å². The van der Waals surface area contributed by atoms with Gasteiger partial charge in [-0.1, -0.05) is 32.9 Å². The lowest BCUT2D eigenvalue weighted by Gasteiger charge is -2.12. The first-order chi connectivity index (χ1) is 7.83. The van der Waals surface area contributed by atoms with Crippen molar-refractivity contribution in [1.82, 2.24) is 0 Å². The quantitative estimate of drug-likeness (QED) is 0.737. The Labute approximate surface area is 103 Å². The van der Waals surface area contributed by atoms with Crippen LogP contribution in [-0.4, -0.2) is 12.9 Å². The van der Waals surface area contributed by atoms with Gasteiger partial charge in [0.1, 0.15) is 5.75 Å². The minimum Gasteiger partial charge on any atom is -0.497 e. The number of ketones is 1. The Bertz CT molecular complexity index is 437. The number of ether oxygens (including phenoxy) is 1. The average Bonchev–Trinajstić information content (AvgIpc) is 2.24. The highest BCUT2D eigenvalue weighted by molar-refractivity contribution is 5.97. The van der Waals surface area contributed by atoms with Gasteiger partial charge in [-0.25, -0.2) is 0 Å². The van der Waals surface area contributed by atoms with Crippen LogP contribution in [0.5, 0.6) is 5.75 Å². The van der Waals surface area contributed by atoms with E-state index in [0.29, 0.717) is 0 Å². The minimum atomic E-state index is 0.0706. The number of hydrogen-bond acceptors (Lipinski definition) is 2. The third-order valence-electron chi connectivity index (χ3n) is 2.40. The predicted octanol–water partition coefficient (Wildman–Crippen LogP) is 3.96. The van der Waals surface area contributed by atoms with Crippen LogP contribution in [0.2, 0.25) is 0 Å². The molecule has 0 fully saturated rings. The van der Waals surface area contributed by atoms with E-state index in [-0.39, 0.29) is 11.2 Å². The summed E-state index contributed by atoms with van der Waals surface area (Å²) in [4.78, 5) is 11.5. The predicted molar refractivity (Wildman–Crippen MR) is 71.5 cm³/mol. The molecule has 1 rings (SSSR count). The zero-order valence-electron chi connectivity index (χ0n) is 11.2. The summed E-state index contributed by atoms with van der Waals surface area (Å²) in [5.41, 5.74) is 1.73. The third-order valence-corrected chi connectivity index (χ3v) is 2.40. The number of rotatable bonds is 3. The first-order valence-electron chi connectivity index (χ1n) is 5.72. The van der Waals surface area contributed by atoms with Crippen LogP contribution < -0.4 is 4.74 Å².